The normalized spacial score (nSPS) is 10.8. The Morgan fingerprint density at radius 1 is 1.08 bits per heavy atom. The highest BCUT2D eigenvalue weighted by molar-refractivity contribution is 6.02. The molecule has 5 nitrogen and oxygen atoms in total. The second-order valence-electron chi connectivity index (χ2n) is 5.86. The van der Waals surface area contributed by atoms with Gasteiger partial charge in [-0.2, -0.15) is 5.10 Å². The van der Waals surface area contributed by atoms with Gasteiger partial charge in [0.05, 0.1) is 19.9 Å². The van der Waals surface area contributed by atoms with E-state index in [1.807, 2.05) is 67.6 Å². The van der Waals surface area contributed by atoms with Crippen molar-refractivity contribution < 1.29 is 9.53 Å². The van der Waals surface area contributed by atoms with Gasteiger partial charge < -0.3 is 10.1 Å². The zero-order chi connectivity index (χ0) is 18.4. The fraction of sp³-hybridized carbons (Fsp3) is 0.143. The first-order valence-electron chi connectivity index (χ1n) is 8.36. The molecule has 0 saturated heterocycles. The Labute approximate surface area is 152 Å². The molecule has 0 heterocycles. The lowest BCUT2D eigenvalue weighted by Crippen LogP contribution is -2.26. The summed E-state index contributed by atoms with van der Waals surface area (Å²) in [5.41, 5.74) is 5.40. The predicted octanol–water partition coefficient (Wildman–Crippen LogP) is 3.72. The van der Waals surface area contributed by atoms with E-state index in [9.17, 15) is 4.79 Å². The molecule has 0 saturated carbocycles. The van der Waals surface area contributed by atoms with Crippen LogP contribution in [0.4, 0.5) is 5.69 Å². The van der Waals surface area contributed by atoms with Crippen LogP contribution in [-0.4, -0.2) is 25.8 Å². The Morgan fingerprint density at radius 2 is 1.85 bits per heavy atom. The van der Waals surface area contributed by atoms with Gasteiger partial charge in [-0.05, 0) is 35.4 Å². The number of carbonyl (C=O) groups is 1. The number of aryl methyl sites for hydroxylation is 1. The lowest BCUT2D eigenvalue weighted by Gasteiger charge is -2.09. The summed E-state index contributed by atoms with van der Waals surface area (Å²) in [6, 6.07) is 19.7. The first kappa shape index (κ1) is 17.5. The molecule has 3 aromatic carbocycles. The van der Waals surface area contributed by atoms with Gasteiger partial charge in [-0.3, -0.25) is 4.79 Å². The summed E-state index contributed by atoms with van der Waals surface area (Å²) in [5, 5.41) is 9.30. The molecule has 0 spiro atoms. The van der Waals surface area contributed by atoms with Crippen molar-refractivity contribution in [2.45, 2.75) is 6.92 Å². The SMILES string of the molecule is COc1ccc2ccccc2c1/C=N\NC(=O)CNc1ccccc1C. The summed E-state index contributed by atoms with van der Waals surface area (Å²) in [7, 11) is 1.62. The van der Waals surface area contributed by atoms with Crippen molar-refractivity contribution in [1.82, 2.24) is 5.43 Å². The summed E-state index contributed by atoms with van der Waals surface area (Å²) in [6.07, 6.45) is 1.62. The Balaban J connectivity index is 1.68. The number of amides is 1. The minimum absolute atomic E-state index is 0.148. The number of para-hydroxylation sites is 1. The Bertz CT molecular complexity index is 951. The van der Waals surface area contributed by atoms with Crippen LogP contribution in [0.1, 0.15) is 11.1 Å². The number of carbonyl (C=O) groups excluding carboxylic acids is 1. The molecule has 0 radical (unpaired) electrons. The van der Waals surface area contributed by atoms with Crippen LogP contribution < -0.4 is 15.5 Å². The second kappa shape index (κ2) is 8.16. The second-order valence-corrected chi connectivity index (χ2v) is 5.86. The third-order valence-electron chi connectivity index (χ3n) is 4.12. The van der Waals surface area contributed by atoms with Crippen LogP contribution in [0, 0.1) is 6.92 Å². The molecular weight excluding hydrogens is 326 g/mol. The molecule has 0 unspecified atom stereocenters. The van der Waals surface area contributed by atoms with Crippen molar-refractivity contribution >= 4 is 28.6 Å². The largest absolute Gasteiger partial charge is 0.496 e. The number of rotatable bonds is 6. The van der Waals surface area contributed by atoms with E-state index in [0.29, 0.717) is 5.75 Å². The summed E-state index contributed by atoms with van der Waals surface area (Å²) in [4.78, 5) is 12.0. The van der Waals surface area contributed by atoms with Gasteiger partial charge in [0.15, 0.2) is 0 Å². The van der Waals surface area contributed by atoms with Gasteiger partial charge in [0.25, 0.3) is 5.91 Å². The number of nitrogens with zero attached hydrogens (tertiary/aromatic N) is 1. The Hall–Kier alpha value is -3.34. The summed E-state index contributed by atoms with van der Waals surface area (Å²) in [6.45, 7) is 2.14. The topological polar surface area (TPSA) is 62.7 Å². The molecule has 0 aliphatic rings. The minimum atomic E-state index is -0.219. The van der Waals surface area contributed by atoms with Gasteiger partial charge in [0, 0.05) is 11.3 Å². The van der Waals surface area contributed by atoms with Crippen LogP contribution in [0.15, 0.2) is 65.8 Å². The fourth-order valence-electron chi connectivity index (χ4n) is 2.74. The van der Waals surface area contributed by atoms with Crippen LogP contribution in [0.25, 0.3) is 10.8 Å². The molecule has 0 aromatic heterocycles. The average molecular weight is 347 g/mol. The van der Waals surface area contributed by atoms with E-state index in [-0.39, 0.29) is 12.5 Å². The van der Waals surface area contributed by atoms with Crippen LogP contribution in [-0.2, 0) is 4.79 Å². The van der Waals surface area contributed by atoms with Crippen molar-refractivity contribution in [3.63, 3.8) is 0 Å². The first-order valence-corrected chi connectivity index (χ1v) is 8.36. The zero-order valence-electron chi connectivity index (χ0n) is 14.8. The number of fused-ring (bicyclic) bond motifs is 1. The standard InChI is InChI=1S/C21H21N3O2/c1-15-7-3-6-10-19(15)22-14-21(25)24-23-13-18-17-9-5-4-8-16(17)11-12-20(18)26-2/h3-13,22H,14H2,1-2H3,(H,24,25)/b23-13-. The van der Waals surface area contributed by atoms with Crippen LogP contribution >= 0.6 is 0 Å². The quantitative estimate of drug-likeness (QED) is 0.528. The molecular formula is C21H21N3O2. The highest BCUT2D eigenvalue weighted by Crippen LogP contribution is 2.26. The molecule has 0 aliphatic carbocycles. The number of nitrogens with one attached hydrogen (secondary N) is 2. The first-order chi connectivity index (χ1) is 12.7. The number of methoxy groups -OCH3 is 1. The summed E-state index contributed by atoms with van der Waals surface area (Å²) in [5.74, 6) is 0.489. The number of benzene rings is 3. The lowest BCUT2D eigenvalue weighted by molar-refractivity contribution is -0.119. The van der Waals surface area contributed by atoms with Crippen molar-refractivity contribution in [3.05, 3.63) is 71.8 Å². The maximum Gasteiger partial charge on any atom is 0.259 e. The van der Waals surface area contributed by atoms with Gasteiger partial charge in [-0.25, -0.2) is 5.43 Å². The number of hydrogen-bond acceptors (Lipinski definition) is 4. The summed E-state index contributed by atoms with van der Waals surface area (Å²) >= 11 is 0. The van der Waals surface area contributed by atoms with Crippen molar-refractivity contribution in [1.29, 1.82) is 0 Å². The molecule has 5 heteroatoms. The molecule has 0 aliphatic heterocycles. The molecule has 26 heavy (non-hydrogen) atoms. The highest BCUT2D eigenvalue weighted by Gasteiger charge is 2.06. The van der Waals surface area contributed by atoms with Gasteiger partial charge in [0.1, 0.15) is 5.75 Å². The third kappa shape index (κ3) is 4.00. The van der Waals surface area contributed by atoms with E-state index in [0.717, 1.165) is 27.6 Å². The van der Waals surface area contributed by atoms with Gasteiger partial charge in [-0.15, -0.1) is 0 Å². The van der Waals surface area contributed by atoms with Gasteiger partial charge in [0.2, 0.25) is 0 Å². The smallest absolute Gasteiger partial charge is 0.259 e. The molecule has 0 atom stereocenters. The van der Waals surface area contributed by atoms with E-state index in [4.69, 9.17) is 4.74 Å². The van der Waals surface area contributed by atoms with Crippen molar-refractivity contribution in [3.8, 4) is 5.75 Å². The number of hydrazone groups is 1. The maximum atomic E-state index is 12.0. The lowest BCUT2D eigenvalue weighted by atomic mass is 10.0. The molecule has 0 fully saturated rings. The van der Waals surface area contributed by atoms with Crippen LogP contribution in [0.3, 0.4) is 0 Å². The molecule has 3 rings (SSSR count). The monoisotopic (exact) mass is 347 g/mol. The van der Waals surface area contributed by atoms with E-state index in [1.165, 1.54) is 0 Å². The van der Waals surface area contributed by atoms with Gasteiger partial charge >= 0.3 is 0 Å². The molecule has 1 amide bonds. The number of anilines is 1. The Kier molecular flexibility index (Phi) is 5.49. The van der Waals surface area contributed by atoms with E-state index >= 15 is 0 Å². The number of hydrogen-bond donors (Lipinski definition) is 2. The maximum absolute atomic E-state index is 12.0. The van der Waals surface area contributed by atoms with E-state index in [2.05, 4.69) is 15.8 Å². The van der Waals surface area contributed by atoms with Gasteiger partial charge in [-0.1, -0.05) is 48.5 Å². The van der Waals surface area contributed by atoms with E-state index < -0.39 is 0 Å². The highest BCUT2D eigenvalue weighted by atomic mass is 16.5. The Morgan fingerprint density at radius 3 is 2.65 bits per heavy atom. The van der Waals surface area contributed by atoms with Crippen molar-refractivity contribution in [2.75, 3.05) is 19.0 Å². The van der Waals surface area contributed by atoms with Crippen LogP contribution in [0.2, 0.25) is 0 Å². The predicted molar refractivity (Wildman–Crippen MR) is 106 cm³/mol. The number of ether oxygens (including phenoxy) is 1. The molecule has 132 valence electrons. The van der Waals surface area contributed by atoms with E-state index in [1.54, 1.807) is 13.3 Å². The molecule has 3 aromatic rings. The zero-order valence-corrected chi connectivity index (χ0v) is 14.8. The third-order valence-corrected chi connectivity index (χ3v) is 4.12. The van der Waals surface area contributed by atoms with Crippen LogP contribution in [0.5, 0.6) is 5.75 Å². The molecule has 0 bridgehead atoms. The van der Waals surface area contributed by atoms with Crippen molar-refractivity contribution in [2.24, 2.45) is 5.10 Å². The minimum Gasteiger partial charge on any atom is -0.496 e. The summed E-state index contributed by atoms with van der Waals surface area (Å²) < 4.78 is 5.41. The fourth-order valence-corrected chi connectivity index (χ4v) is 2.74. The molecule has 2 N–H and O–H groups in total. The average Bonchev–Trinajstić information content (AvgIpc) is 2.67.